The van der Waals surface area contributed by atoms with E-state index >= 15 is 0 Å². The molecule has 0 aliphatic rings. The SMILES string of the molecule is CCCOc1ccc(/C=C(\C#N)C(=O)c2ccc(F)cc2)cc1OCC. The molecule has 0 heterocycles. The van der Waals surface area contributed by atoms with Gasteiger partial charge in [0.1, 0.15) is 17.5 Å². The number of benzene rings is 2. The van der Waals surface area contributed by atoms with Crippen LogP contribution < -0.4 is 9.47 Å². The van der Waals surface area contributed by atoms with Crippen LogP contribution in [0.5, 0.6) is 11.5 Å². The number of nitrogens with zero attached hydrogens (tertiary/aromatic N) is 1. The van der Waals surface area contributed by atoms with E-state index in [2.05, 4.69) is 0 Å². The lowest BCUT2D eigenvalue weighted by molar-refractivity contribution is 0.104. The molecule has 4 nitrogen and oxygen atoms in total. The van der Waals surface area contributed by atoms with E-state index in [9.17, 15) is 14.4 Å². The molecule has 0 unspecified atom stereocenters. The average molecular weight is 353 g/mol. The first kappa shape index (κ1) is 19.2. The number of rotatable bonds is 8. The number of hydrogen-bond acceptors (Lipinski definition) is 4. The van der Waals surface area contributed by atoms with Gasteiger partial charge in [0.2, 0.25) is 5.78 Å². The minimum atomic E-state index is -0.461. The molecule has 0 radical (unpaired) electrons. The van der Waals surface area contributed by atoms with Gasteiger partial charge in [0.25, 0.3) is 0 Å². The summed E-state index contributed by atoms with van der Waals surface area (Å²) in [5.41, 5.74) is 0.859. The molecule has 0 spiro atoms. The van der Waals surface area contributed by atoms with Gasteiger partial charge in [-0.25, -0.2) is 4.39 Å². The molecule has 0 N–H and O–H groups in total. The summed E-state index contributed by atoms with van der Waals surface area (Å²) in [7, 11) is 0. The Balaban J connectivity index is 2.32. The van der Waals surface area contributed by atoms with Crippen LogP contribution >= 0.6 is 0 Å². The third-order valence-electron chi connectivity index (χ3n) is 3.51. The fourth-order valence-electron chi connectivity index (χ4n) is 2.29. The van der Waals surface area contributed by atoms with Crippen molar-refractivity contribution in [1.82, 2.24) is 0 Å². The van der Waals surface area contributed by atoms with Gasteiger partial charge < -0.3 is 9.47 Å². The van der Waals surface area contributed by atoms with Crippen molar-refractivity contribution in [2.24, 2.45) is 0 Å². The van der Waals surface area contributed by atoms with Crippen LogP contribution in [-0.4, -0.2) is 19.0 Å². The topological polar surface area (TPSA) is 59.3 Å². The largest absolute Gasteiger partial charge is 0.490 e. The van der Waals surface area contributed by atoms with E-state index in [0.29, 0.717) is 30.3 Å². The Kier molecular flexibility index (Phi) is 6.92. The highest BCUT2D eigenvalue weighted by Crippen LogP contribution is 2.29. The van der Waals surface area contributed by atoms with Gasteiger partial charge in [0.15, 0.2) is 11.5 Å². The summed E-state index contributed by atoms with van der Waals surface area (Å²) in [6, 6.07) is 12.2. The maximum Gasteiger partial charge on any atom is 0.203 e. The molecular formula is C21H20FNO3. The number of carbonyl (C=O) groups excluding carboxylic acids is 1. The Morgan fingerprint density at radius 1 is 1.12 bits per heavy atom. The molecule has 0 aromatic heterocycles. The van der Waals surface area contributed by atoms with Crippen LogP contribution in [0, 0.1) is 17.1 Å². The zero-order chi connectivity index (χ0) is 18.9. The molecule has 5 heteroatoms. The predicted molar refractivity (Wildman–Crippen MR) is 97.7 cm³/mol. The molecule has 0 atom stereocenters. The minimum absolute atomic E-state index is 0.0405. The van der Waals surface area contributed by atoms with Gasteiger partial charge >= 0.3 is 0 Å². The summed E-state index contributed by atoms with van der Waals surface area (Å²) in [5.74, 6) is 0.278. The van der Waals surface area contributed by atoms with Crippen molar-refractivity contribution in [1.29, 1.82) is 5.26 Å². The Morgan fingerprint density at radius 2 is 1.85 bits per heavy atom. The summed E-state index contributed by atoms with van der Waals surface area (Å²) in [6.45, 7) is 4.92. The molecule has 134 valence electrons. The molecule has 2 aromatic rings. The lowest BCUT2D eigenvalue weighted by Crippen LogP contribution is -2.02. The molecule has 2 aromatic carbocycles. The van der Waals surface area contributed by atoms with Crippen molar-refractivity contribution >= 4 is 11.9 Å². The highest BCUT2D eigenvalue weighted by Gasteiger charge is 2.13. The highest BCUT2D eigenvalue weighted by atomic mass is 19.1. The number of ketones is 1. The Hall–Kier alpha value is -3.13. The maximum absolute atomic E-state index is 13.0. The third-order valence-corrected chi connectivity index (χ3v) is 3.51. The second kappa shape index (κ2) is 9.38. The zero-order valence-electron chi connectivity index (χ0n) is 14.8. The summed E-state index contributed by atoms with van der Waals surface area (Å²) in [5, 5.41) is 9.35. The number of allylic oxidation sites excluding steroid dienone is 1. The maximum atomic E-state index is 13.0. The molecule has 26 heavy (non-hydrogen) atoms. The molecule has 0 saturated carbocycles. The van der Waals surface area contributed by atoms with E-state index in [1.165, 1.54) is 30.3 Å². The standard InChI is InChI=1S/C21H20FNO3/c1-3-11-26-19-10-5-15(13-20(19)25-4-2)12-17(14-23)21(24)16-6-8-18(22)9-7-16/h5-10,12-13H,3-4,11H2,1-2H3/b17-12+. The Morgan fingerprint density at radius 3 is 2.46 bits per heavy atom. The highest BCUT2D eigenvalue weighted by molar-refractivity contribution is 6.14. The number of ether oxygens (including phenoxy) is 2. The molecule has 0 bridgehead atoms. The summed E-state index contributed by atoms with van der Waals surface area (Å²) >= 11 is 0. The van der Waals surface area contributed by atoms with Crippen LogP contribution in [0.3, 0.4) is 0 Å². The van der Waals surface area contributed by atoms with E-state index in [4.69, 9.17) is 9.47 Å². The van der Waals surface area contributed by atoms with Crippen molar-refractivity contribution < 1.29 is 18.7 Å². The van der Waals surface area contributed by atoms with Crippen LogP contribution in [0.15, 0.2) is 48.0 Å². The normalized spacial score (nSPS) is 10.9. The Bertz CT molecular complexity index is 835. The number of hydrogen-bond donors (Lipinski definition) is 0. The zero-order valence-corrected chi connectivity index (χ0v) is 14.8. The third kappa shape index (κ3) is 4.93. The number of carbonyl (C=O) groups is 1. The lowest BCUT2D eigenvalue weighted by atomic mass is 10.0. The van der Waals surface area contributed by atoms with E-state index in [-0.39, 0.29) is 11.1 Å². The van der Waals surface area contributed by atoms with Crippen molar-refractivity contribution in [2.45, 2.75) is 20.3 Å². The van der Waals surface area contributed by atoms with Crippen molar-refractivity contribution in [2.75, 3.05) is 13.2 Å². The molecule has 0 aliphatic carbocycles. The number of Topliss-reactive ketones (excluding diaryl/α,β-unsaturated/α-hetero) is 1. The van der Waals surface area contributed by atoms with E-state index in [0.717, 1.165) is 6.42 Å². The molecule has 0 amide bonds. The van der Waals surface area contributed by atoms with Crippen LogP contribution in [0.1, 0.15) is 36.2 Å². The Labute approximate surface area is 152 Å². The van der Waals surface area contributed by atoms with Gasteiger partial charge in [-0.2, -0.15) is 5.26 Å². The number of halogens is 1. The fraction of sp³-hybridized carbons (Fsp3) is 0.238. The van der Waals surface area contributed by atoms with E-state index < -0.39 is 11.6 Å². The first-order valence-electron chi connectivity index (χ1n) is 8.40. The minimum Gasteiger partial charge on any atom is -0.490 e. The van der Waals surface area contributed by atoms with Gasteiger partial charge in [-0.15, -0.1) is 0 Å². The van der Waals surface area contributed by atoms with Crippen LogP contribution in [0.25, 0.3) is 6.08 Å². The second-order valence-corrected chi connectivity index (χ2v) is 5.49. The molecule has 0 fully saturated rings. The van der Waals surface area contributed by atoms with Crippen LogP contribution in [-0.2, 0) is 0 Å². The second-order valence-electron chi connectivity index (χ2n) is 5.49. The van der Waals surface area contributed by atoms with E-state index in [1.54, 1.807) is 18.2 Å². The van der Waals surface area contributed by atoms with Gasteiger partial charge in [0, 0.05) is 5.56 Å². The fourth-order valence-corrected chi connectivity index (χ4v) is 2.29. The first-order valence-corrected chi connectivity index (χ1v) is 8.40. The van der Waals surface area contributed by atoms with Gasteiger partial charge in [-0.3, -0.25) is 4.79 Å². The molecule has 0 aliphatic heterocycles. The van der Waals surface area contributed by atoms with Crippen molar-refractivity contribution in [3.63, 3.8) is 0 Å². The lowest BCUT2D eigenvalue weighted by Gasteiger charge is -2.12. The number of nitriles is 1. The summed E-state index contributed by atoms with van der Waals surface area (Å²) in [4.78, 5) is 12.4. The predicted octanol–water partition coefficient (Wildman–Crippen LogP) is 4.80. The monoisotopic (exact) mass is 353 g/mol. The average Bonchev–Trinajstić information content (AvgIpc) is 2.65. The summed E-state index contributed by atoms with van der Waals surface area (Å²) < 4.78 is 24.2. The van der Waals surface area contributed by atoms with Crippen LogP contribution in [0.2, 0.25) is 0 Å². The van der Waals surface area contributed by atoms with Gasteiger partial charge in [-0.1, -0.05) is 13.0 Å². The summed E-state index contributed by atoms with van der Waals surface area (Å²) in [6.07, 6.45) is 2.36. The van der Waals surface area contributed by atoms with Gasteiger partial charge in [-0.05, 0) is 61.4 Å². The first-order chi connectivity index (χ1) is 12.6. The molecule has 2 rings (SSSR count). The quantitative estimate of drug-likeness (QED) is 0.388. The smallest absolute Gasteiger partial charge is 0.203 e. The van der Waals surface area contributed by atoms with E-state index in [1.807, 2.05) is 19.9 Å². The molecular weight excluding hydrogens is 333 g/mol. The van der Waals surface area contributed by atoms with Crippen molar-refractivity contribution in [3.8, 4) is 17.6 Å². The van der Waals surface area contributed by atoms with Crippen molar-refractivity contribution in [3.05, 3.63) is 65.0 Å². The van der Waals surface area contributed by atoms with Gasteiger partial charge in [0.05, 0.1) is 13.2 Å². The van der Waals surface area contributed by atoms with Crippen LogP contribution in [0.4, 0.5) is 4.39 Å². The molecule has 0 saturated heterocycles.